The van der Waals surface area contributed by atoms with E-state index in [0.717, 1.165) is 44.4 Å². The van der Waals surface area contributed by atoms with E-state index in [4.69, 9.17) is 38.1 Å². The molecule has 2 heterocycles. The predicted molar refractivity (Wildman–Crippen MR) is 462 cm³/mol. The number of rotatable bonds is 45. The lowest BCUT2D eigenvalue weighted by Crippen LogP contribution is -2.67. The van der Waals surface area contributed by atoms with Crippen LogP contribution in [0.2, 0.25) is 0 Å². The standard InChI is InChI=1S/C89H128N14O25/c1-22-50(8)71(83(118)101-70(49(6)7)84(119)120)102-77(112)51(9)92-68(108)42-90-78(113)64(40-61-43-103(46-91-61)89(58-32-26-23-27-33-58,59-34-28-24-29-35-59)60-36-30-25-31-37-60)97-82(117)66(44-123-85-72(95-54(12)104)74(125-57(15)107)73(124-56(14)106)67(126-85)45-122-55(13)105)99-81(116)65(41-69(109)127-87(16,17)18)98-80(115)62(38-47(2)3)96-76(111)53(11)93-75(110)52(10)94-79(114)63(39-48(4)5)100-86(121)128-88(19,20)21/h23-37,43,46-53,62-67,70-74,85H,22,38-42,44-45H2,1-21H3,(H,90,113)(H,92,108)(H,93,110)(H,94,114)(H,95,104)(H,96,111)(H,97,117)(H,98,115)(H,99,116)(H,100,121)(H,101,118)(H,102,112)(H,119,120)/t50-,51-,52-,53-,62-,63-,64-,65+,66+,67+,70-,71-,72+,73+,74-,85-/m0/s1. The van der Waals surface area contributed by atoms with Crippen molar-refractivity contribution in [1.82, 2.24) is 73.4 Å². The third-order valence-corrected chi connectivity index (χ3v) is 20.0. The fraction of sp³-hybridized carbons (Fsp3) is 0.573. The minimum atomic E-state index is -2.21. The van der Waals surface area contributed by atoms with E-state index in [9.17, 15) is 67.4 Å². The van der Waals surface area contributed by atoms with E-state index in [1.54, 1.807) is 73.1 Å². The first kappa shape index (κ1) is 106. The van der Waals surface area contributed by atoms with Crippen LogP contribution in [0.1, 0.15) is 193 Å². The van der Waals surface area contributed by atoms with Crippen molar-refractivity contribution in [3.8, 4) is 0 Å². The van der Waals surface area contributed by atoms with Crippen molar-refractivity contribution in [2.24, 2.45) is 23.7 Å². The van der Waals surface area contributed by atoms with Gasteiger partial charge in [0.25, 0.3) is 0 Å². The summed E-state index contributed by atoms with van der Waals surface area (Å²) in [6.07, 6.45) is -6.05. The average molecular weight is 1790 g/mol. The Morgan fingerprint density at radius 2 is 0.938 bits per heavy atom. The number of ether oxygens (including phenoxy) is 7. The van der Waals surface area contributed by atoms with E-state index in [0.29, 0.717) is 6.42 Å². The summed E-state index contributed by atoms with van der Waals surface area (Å²) in [6.45, 7) is 28.1. The largest absolute Gasteiger partial charge is 0.480 e. The predicted octanol–water partition coefficient (Wildman–Crippen LogP) is 2.98. The molecule has 1 saturated heterocycles. The number of carboxylic acids is 1. The van der Waals surface area contributed by atoms with Crippen LogP contribution in [0.3, 0.4) is 0 Å². The zero-order valence-electron chi connectivity index (χ0n) is 76.6. The highest BCUT2D eigenvalue weighted by Crippen LogP contribution is 2.41. The van der Waals surface area contributed by atoms with Gasteiger partial charge in [0.05, 0.1) is 31.6 Å². The number of carbonyl (C=O) groups excluding carboxylic acids is 16. The molecular formula is C89H128N14O25. The van der Waals surface area contributed by atoms with Crippen LogP contribution in [0.4, 0.5) is 4.79 Å². The molecule has 0 aliphatic carbocycles. The molecule has 0 unspecified atom stereocenters. The van der Waals surface area contributed by atoms with Crippen LogP contribution < -0.4 is 63.8 Å². The number of carboxylic acid groups (broad SMARTS) is 1. The molecule has 16 atom stereocenters. The van der Waals surface area contributed by atoms with Crippen molar-refractivity contribution in [1.29, 1.82) is 0 Å². The monoisotopic (exact) mass is 1790 g/mol. The molecule has 1 aliphatic heterocycles. The van der Waals surface area contributed by atoms with Gasteiger partial charge in [0.15, 0.2) is 18.5 Å². The lowest BCUT2D eigenvalue weighted by atomic mass is 9.77. The van der Waals surface area contributed by atoms with Gasteiger partial charge < -0.3 is 107 Å². The molecule has 12 amide bonds. The molecule has 0 radical (unpaired) electrons. The first-order valence-electron chi connectivity index (χ1n) is 42.5. The molecule has 704 valence electrons. The minimum absolute atomic E-state index is 0.0957. The van der Waals surface area contributed by atoms with Crippen molar-refractivity contribution < 1.29 is 120 Å². The number of benzene rings is 3. The zero-order valence-corrected chi connectivity index (χ0v) is 76.6. The first-order valence-corrected chi connectivity index (χ1v) is 42.5. The Hall–Kier alpha value is -12.4. The van der Waals surface area contributed by atoms with Gasteiger partial charge in [0, 0.05) is 40.3 Å². The molecule has 5 rings (SSSR count). The van der Waals surface area contributed by atoms with Crippen LogP contribution in [0.25, 0.3) is 0 Å². The van der Waals surface area contributed by atoms with Gasteiger partial charge in [-0.2, -0.15) is 0 Å². The Balaban J connectivity index is 1.68. The summed E-state index contributed by atoms with van der Waals surface area (Å²) in [7, 11) is 0. The SMILES string of the molecule is CC[C@H](C)[C@H](NC(=O)[C@H](C)NC(=O)CNC(=O)[C@H](Cc1cn(C(c2ccccc2)(c2ccccc2)c2ccccc2)cn1)NC(=O)[C@@H](CO[C@H]1O[C@H](COC(C)=O)[C@@H](OC(C)=O)[C@@H](OC(C)=O)[C@H]1NC(C)=O)NC(=O)[C@@H](CC(=O)OC(C)(C)C)NC(=O)[C@H](CC(C)C)NC(=O)[C@H](C)NC(=O)[C@H](C)NC(=O)[C@H](CC(C)C)NC(=O)OC(C)(C)C)C(=O)N[C@H](C(=O)O)C(C)C. The molecule has 13 N–H and O–H groups in total. The molecule has 0 spiro atoms. The van der Waals surface area contributed by atoms with Gasteiger partial charge in [0.1, 0.15) is 95.9 Å². The number of nitrogens with zero attached hydrogens (tertiary/aromatic N) is 2. The smallest absolute Gasteiger partial charge is 0.408 e. The molecule has 39 nitrogen and oxygen atoms in total. The van der Waals surface area contributed by atoms with Crippen molar-refractivity contribution >= 4 is 101 Å². The molecule has 1 aliphatic rings. The average Bonchev–Trinajstić information content (AvgIpc) is 1.35. The number of hydrogen-bond acceptors (Lipinski definition) is 25. The summed E-state index contributed by atoms with van der Waals surface area (Å²) in [5.74, 6) is -18.0. The maximum atomic E-state index is 16.0. The van der Waals surface area contributed by atoms with Gasteiger partial charge in [-0.25, -0.2) is 14.6 Å². The second-order valence-corrected chi connectivity index (χ2v) is 34.7. The molecule has 4 aromatic rings. The molecule has 1 fully saturated rings. The Bertz CT molecular complexity index is 4400. The van der Waals surface area contributed by atoms with Crippen molar-refractivity contribution in [2.45, 2.75) is 285 Å². The van der Waals surface area contributed by atoms with Gasteiger partial charge in [-0.05, 0) is 116 Å². The minimum Gasteiger partial charge on any atom is -0.480 e. The number of nitrogens with one attached hydrogen (secondary N) is 12. The number of alkyl carbamates (subject to hydrolysis) is 1. The molecular weight excluding hydrogens is 1670 g/mol. The molecule has 0 saturated carbocycles. The van der Waals surface area contributed by atoms with Crippen LogP contribution in [0, 0.1) is 23.7 Å². The number of aliphatic carboxylic acids is 1. The fourth-order valence-electron chi connectivity index (χ4n) is 13.8. The maximum Gasteiger partial charge on any atom is 0.408 e. The van der Waals surface area contributed by atoms with Crippen LogP contribution >= 0.6 is 0 Å². The highest BCUT2D eigenvalue weighted by molar-refractivity contribution is 5.99. The molecule has 39 heteroatoms. The summed E-state index contributed by atoms with van der Waals surface area (Å²) < 4.78 is 42.1. The summed E-state index contributed by atoms with van der Waals surface area (Å²) in [5, 5.41) is 40.2. The highest BCUT2D eigenvalue weighted by Gasteiger charge is 2.52. The van der Waals surface area contributed by atoms with Gasteiger partial charge in [-0.15, -0.1) is 0 Å². The number of carbonyl (C=O) groups is 17. The van der Waals surface area contributed by atoms with E-state index in [-0.39, 0.29) is 24.5 Å². The van der Waals surface area contributed by atoms with Crippen LogP contribution in [0.5, 0.6) is 0 Å². The number of aromatic nitrogens is 2. The Morgan fingerprint density at radius 3 is 1.42 bits per heavy atom. The van der Waals surface area contributed by atoms with E-state index in [1.165, 1.54) is 47.9 Å². The quantitative estimate of drug-likeness (QED) is 0.0172. The van der Waals surface area contributed by atoms with Crippen molar-refractivity contribution in [3.05, 3.63) is 126 Å². The summed E-state index contributed by atoms with van der Waals surface area (Å²) in [5.41, 5.74) is -1.06. The summed E-state index contributed by atoms with van der Waals surface area (Å²) in [6, 6.07) is 10.6. The van der Waals surface area contributed by atoms with Crippen LogP contribution in [-0.2, 0) is 122 Å². The Labute approximate surface area is 745 Å². The molecule has 128 heavy (non-hydrogen) atoms. The topological polar surface area (TPSA) is 537 Å². The normalized spacial score (nSPS) is 17.7. The number of esters is 4. The van der Waals surface area contributed by atoms with Crippen LogP contribution in [0.15, 0.2) is 104 Å². The molecule has 1 aromatic heterocycles. The van der Waals surface area contributed by atoms with Gasteiger partial charge >= 0.3 is 35.9 Å². The maximum absolute atomic E-state index is 16.0. The molecule has 0 bridgehead atoms. The Morgan fingerprint density at radius 1 is 0.492 bits per heavy atom. The summed E-state index contributed by atoms with van der Waals surface area (Å²) in [4.78, 5) is 241. The number of hydrogen-bond donors (Lipinski definition) is 13. The van der Waals surface area contributed by atoms with E-state index < -0.39 is 259 Å². The van der Waals surface area contributed by atoms with E-state index in [2.05, 4.69) is 63.8 Å². The number of imidazole rings is 1. The third kappa shape index (κ3) is 33.4. The zero-order chi connectivity index (χ0) is 96.0. The van der Waals surface area contributed by atoms with Crippen LogP contribution in [-0.4, -0.2) is 238 Å². The van der Waals surface area contributed by atoms with Crippen molar-refractivity contribution in [3.63, 3.8) is 0 Å². The van der Waals surface area contributed by atoms with Gasteiger partial charge in [-0.3, -0.25) is 71.9 Å². The van der Waals surface area contributed by atoms with Gasteiger partial charge in [0.2, 0.25) is 65.0 Å². The van der Waals surface area contributed by atoms with E-state index >= 15 is 19.2 Å². The summed E-state index contributed by atoms with van der Waals surface area (Å²) >= 11 is 0. The van der Waals surface area contributed by atoms with Crippen molar-refractivity contribution in [2.75, 3.05) is 19.8 Å². The fourth-order valence-corrected chi connectivity index (χ4v) is 13.8. The van der Waals surface area contributed by atoms with Gasteiger partial charge in [-0.1, -0.05) is 153 Å². The molecule has 3 aromatic carbocycles. The first-order chi connectivity index (χ1) is 59.8. The Kier molecular flexibility index (Phi) is 40.7. The number of amides is 12. The second-order valence-electron chi connectivity index (χ2n) is 34.7. The van der Waals surface area contributed by atoms with E-state index in [1.807, 2.05) is 105 Å². The highest BCUT2D eigenvalue weighted by atomic mass is 16.7. The third-order valence-electron chi connectivity index (χ3n) is 20.0. The lowest BCUT2D eigenvalue weighted by Gasteiger charge is -2.45. The second kappa shape index (κ2) is 49.1. The lowest BCUT2D eigenvalue weighted by molar-refractivity contribution is -0.278.